The summed E-state index contributed by atoms with van der Waals surface area (Å²) in [6, 6.07) is 2.40. The van der Waals surface area contributed by atoms with E-state index in [-0.39, 0.29) is 0 Å². The molecule has 3 nitrogen and oxygen atoms in total. The molecular weight excluding hydrogens is 234 g/mol. The Morgan fingerprint density at radius 3 is 2.74 bits per heavy atom. The second kappa shape index (κ2) is 5.59. The lowest BCUT2D eigenvalue weighted by atomic mass is 9.80. The molecule has 0 aromatic carbocycles. The molecule has 19 heavy (non-hydrogen) atoms. The summed E-state index contributed by atoms with van der Waals surface area (Å²) >= 11 is 0. The van der Waals surface area contributed by atoms with Crippen molar-refractivity contribution in [1.29, 1.82) is 0 Å². The molecule has 2 atom stereocenters. The van der Waals surface area contributed by atoms with Gasteiger partial charge < -0.3 is 5.73 Å². The van der Waals surface area contributed by atoms with Crippen LogP contribution in [0, 0.1) is 18.3 Å². The molecule has 2 N–H and O–H groups in total. The van der Waals surface area contributed by atoms with Gasteiger partial charge in [0.25, 0.3) is 0 Å². The van der Waals surface area contributed by atoms with Crippen LogP contribution in [-0.2, 0) is 0 Å². The highest BCUT2D eigenvalue weighted by Crippen LogP contribution is 2.37. The zero-order valence-corrected chi connectivity index (χ0v) is 12.7. The highest BCUT2D eigenvalue weighted by atomic mass is 15.2. The van der Waals surface area contributed by atoms with Gasteiger partial charge in [0.15, 0.2) is 0 Å². The second-order valence-corrected chi connectivity index (χ2v) is 6.83. The van der Waals surface area contributed by atoms with Crippen molar-refractivity contribution in [1.82, 2.24) is 9.88 Å². The molecule has 1 aliphatic heterocycles. The normalized spacial score (nSPS) is 22.7. The van der Waals surface area contributed by atoms with Gasteiger partial charge in [-0.05, 0) is 48.4 Å². The molecule has 0 spiro atoms. The van der Waals surface area contributed by atoms with Gasteiger partial charge in [-0.2, -0.15) is 0 Å². The maximum atomic E-state index is 6.04. The van der Waals surface area contributed by atoms with Gasteiger partial charge in [0.05, 0.1) is 0 Å². The number of hydrogen-bond donors (Lipinski definition) is 1. The zero-order chi connectivity index (χ0) is 14.0. The topological polar surface area (TPSA) is 42.1 Å². The fourth-order valence-corrected chi connectivity index (χ4v) is 3.08. The van der Waals surface area contributed by atoms with Crippen LogP contribution < -0.4 is 5.73 Å². The molecule has 0 radical (unpaired) electrons. The van der Waals surface area contributed by atoms with E-state index in [2.05, 4.69) is 43.6 Å². The summed E-state index contributed by atoms with van der Waals surface area (Å²) in [5.41, 5.74) is 9.01. The largest absolute Gasteiger partial charge is 0.329 e. The molecule has 1 aromatic heterocycles. The van der Waals surface area contributed by atoms with Crippen LogP contribution in [0.15, 0.2) is 18.5 Å². The van der Waals surface area contributed by atoms with Gasteiger partial charge in [-0.25, -0.2) is 0 Å². The molecular formula is C16H27N3. The van der Waals surface area contributed by atoms with Crippen LogP contribution in [0.1, 0.15) is 44.4 Å². The number of pyridine rings is 1. The van der Waals surface area contributed by atoms with Crippen molar-refractivity contribution in [3.05, 3.63) is 29.6 Å². The first-order valence-corrected chi connectivity index (χ1v) is 7.28. The lowest BCUT2D eigenvalue weighted by molar-refractivity contribution is 0.197. The van der Waals surface area contributed by atoms with E-state index in [9.17, 15) is 0 Å². The monoisotopic (exact) mass is 261 g/mol. The van der Waals surface area contributed by atoms with Crippen molar-refractivity contribution in [2.75, 3.05) is 19.6 Å². The third-order valence-corrected chi connectivity index (χ3v) is 4.55. The summed E-state index contributed by atoms with van der Waals surface area (Å²) in [7, 11) is 0. The molecule has 2 rings (SSSR count). The van der Waals surface area contributed by atoms with Crippen LogP contribution >= 0.6 is 0 Å². The van der Waals surface area contributed by atoms with Crippen LogP contribution in [-0.4, -0.2) is 29.5 Å². The molecule has 3 heteroatoms. The highest BCUT2D eigenvalue weighted by molar-refractivity contribution is 5.25. The average molecular weight is 261 g/mol. The first kappa shape index (κ1) is 14.5. The summed E-state index contributed by atoms with van der Waals surface area (Å²) in [5, 5.41) is 0. The summed E-state index contributed by atoms with van der Waals surface area (Å²) < 4.78 is 0. The Morgan fingerprint density at radius 1 is 1.47 bits per heavy atom. The van der Waals surface area contributed by atoms with Gasteiger partial charge in [-0.3, -0.25) is 9.88 Å². The number of aryl methyl sites for hydroxylation is 1. The Kier molecular flexibility index (Phi) is 4.26. The Hall–Kier alpha value is -0.930. The van der Waals surface area contributed by atoms with E-state index in [4.69, 9.17) is 5.73 Å². The minimum atomic E-state index is 0.320. The van der Waals surface area contributed by atoms with Crippen molar-refractivity contribution in [3.8, 4) is 0 Å². The first-order chi connectivity index (χ1) is 8.93. The molecule has 0 amide bonds. The molecule has 106 valence electrons. The standard InChI is InChI=1S/C16H27N3/c1-12-5-7-18-10-14(12)15(9-17)19-8-6-13(11-19)16(2,3)4/h5,7,10,13,15H,6,8-9,11,17H2,1-4H3. The van der Waals surface area contributed by atoms with Crippen molar-refractivity contribution in [3.63, 3.8) is 0 Å². The smallest absolute Gasteiger partial charge is 0.0488 e. The summed E-state index contributed by atoms with van der Waals surface area (Å²) in [5.74, 6) is 0.763. The maximum absolute atomic E-state index is 6.04. The zero-order valence-electron chi connectivity index (χ0n) is 12.7. The lowest BCUT2D eigenvalue weighted by Gasteiger charge is -2.31. The van der Waals surface area contributed by atoms with Crippen molar-refractivity contribution in [2.24, 2.45) is 17.1 Å². The number of rotatable bonds is 3. The molecule has 1 aromatic rings. The van der Waals surface area contributed by atoms with E-state index in [1.165, 1.54) is 17.5 Å². The first-order valence-electron chi connectivity index (χ1n) is 7.28. The van der Waals surface area contributed by atoms with E-state index < -0.39 is 0 Å². The number of nitrogens with two attached hydrogens (primary N) is 1. The van der Waals surface area contributed by atoms with Gasteiger partial charge in [-0.1, -0.05) is 20.8 Å². The minimum absolute atomic E-state index is 0.320. The molecule has 2 heterocycles. The third-order valence-electron chi connectivity index (χ3n) is 4.55. The Bertz CT molecular complexity index is 422. The van der Waals surface area contributed by atoms with E-state index >= 15 is 0 Å². The molecule has 0 bridgehead atoms. The quantitative estimate of drug-likeness (QED) is 0.909. The fourth-order valence-electron chi connectivity index (χ4n) is 3.08. The molecule has 1 aliphatic rings. The van der Waals surface area contributed by atoms with Crippen molar-refractivity contribution in [2.45, 2.75) is 40.2 Å². The van der Waals surface area contributed by atoms with Crippen LogP contribution in [0.3, 0.4) is 0 Å². The Balaban J connectivity index is 2.15. The minimum Gasteiger partial charge on any atom is -0.329 e. The van der Waals surface area contributed by atoms with Crippen molar-refractivity contribution >= 4 is 0 Å². The predicted molar refractivity (Wildman–Crippen MR) is 79.9 cm³/mol. The Labute approximate surface area is 117 Å². The lowest BCUT2D eigenvalue weighted by Crippen LogP contribution is -2.34. The predicted octanol–water partition coefficient (Wildman–Crippen LogP) is 2.76. The van der Waals surface area contributed by atoms with E-state index in [1.807, 2.05) is 12.4 Å². The fraction of sp³-hybridized carbons (Fsp3) is 0.688. The maximum Gasteiger partial charge on any atom is 0.0488 e. The number of aromatic nitrogens is 1. The third kappa shape index (κ3) is 3.15. The highest BCUT2D eigenvalue weighted by Gasteiger charge is 2.35. The van der Waals surface area contributed by atoms with E-state index in [0.717, 1.165) is 19.0 Å². The average Bonchev–Trinajstić information content (AvgIpc) is 2.82. The number of hydrogen-bond acceptors (Lipinski definition) is 3. The molecule has 1 saturated heterocycles. The second-order valence-electron chi connectivity index (χ2n) is 6.83. The van der Waals surface area contributed by atoms with Gasteiger partial charge in [0, 0.05) is 31.5 Å². The van der Waals surface area contributed by atoms with Gasteiger partial charge in [0.1, 0.15) is 0 Å². The van der Waals surface area contributed by atoms with Gasteiger partial charge in [-0.15, -0.1) is 0 Å². The van der Waals surface area contributed by atoms with Crippen LogP contribution in [0.2, 0.25) is 0 Å². The number of nitrogens with zero attached hydrogens (tertiary/aromatic N) is 2. The van der Waals surface area contributed by atoms with Crippen molar-refractivity contribution < 1.29 is 0 Å². The molecule has 0 aliphatic carbocycles. The van der Waals surface area contributed by atoms with Gasteiger partial charge in [0.2, 0.25) is 0 Å². The summed E-state index contributed by atoms with van der Waals surface area (Å²) in [4.78, 5) is 6.81. The van der Waals surface area contributed by atoms with Crippen LogP contribution in [0.5, 0.6) is 0 Å². The SMILES string of the molecule is Cc1ccncc1C(CN)N1CCC(C(C)(C)C)C1. The van der Waals surface area contributed by atoms with E-state index in [0.29, 0.717) is 18.0 Å². The van der Waals surface area contributed by atoms with Gasteiger partial charge >= 0.3 is 0 Å². The number of likely N-dealkylation sites (tertiary alicyclic amines) is 1. The molecule has 0 saturated carbocycles. The summed E-state index contributed by atoms with van der Waals surface area (Å²) in [6.45, 7) is 12.1. The van der Waals surface area contributed by atoms with Crippen LogP contribution in [0.25, 0.3) is 0 Å². The van der Waals surface area contributed by atoms with Crippen LogP contribution in [0.4, 0.5) is 0 Å². The molecule has 1 fully saturated rings. The summed E-state index contributed by atoms with van der Waals surface area (Å²) in [6.07, 6.45) is 5.12. The molecule has 2 unspecified atom stereocenters. The Morgan fingerprint density at radius 2 is 2.21 bits per heavy atom. The van der Waals surface area contributed by atoms with E-state index in [1.54, 1.807) is 0 Å².